The second-order valence-electron chi connectivity index (χ2n) is 5.21. The van der Waals surface area contributed by atoms with Crippen molar-refractivity contribution in [2.24, 2.45) is 5.41 Å². The Labute approximate surface area is 111 Å². The summed E-state index contributed by atoms with van der Waals surface area (Å²) in [6, 6.07) is -0.635. The second kappa shape index (κ2) is 5.26. The molecule has 106 valence electrons. The Balaban J connectivity index is 1.81. The largest absolute Gasteiger partial charge is 0.378 e. The summed E-state index contributed by atoms with van der Waals surface area (Å²) in [6.07, 6.45) is 1.06. The van der Waals surface area contributed by atoms with E-state index in [0.29, 0.717) is 19.4 Å². The number of rotatable bonds is 6. The van der Waals surface area contributed by atoms with Gasteiger partial charge in [-0.05, 0) is 26.9 Å². The number of urea groups is 1. The smallest absolute Gasteiger partial charge is 0.330 e. The predicted octanol–water partition coefficient (Wildman–Crippen LogP) is -0.577. The third-order valence-electron chi connectivity index (χ3n) is 3.45. The number of hydrogen-bond donors (Lipinski definition) is 1. The summed E-state index contributed by atoms with van der Waals surface area (Å²) in [5, 5.41) is 2.24. The van der Waals surface area contributed by atoms with Crippen LogP contribution in [0.4, 0.5) is 4.79 Å². The van der Waals surface area contributed by atoms with Gasteiger partial charge < -0.3 is 9.64 Å². The van der Waals surface area contributed by atoms with Gasteiger partial charge in [-0.25, -0.2) is 4.79 Å². The van der Waals surface area contributed by atoms with Gasteiger partial charge in [0.2, 0.25) is 11.8 Å². The Bertz CT molecular complexity index is 404. The van der Waals surface area contributed by atoms with Crippen molar-refractivity contribution in [3.05, 3.63) is 0 Å². The first-order valence-corrected chi connectivity index (χ1v) is 6.37. The fourth-order valence-electron chi connectivity index (χ4n) is 2.01. The van der Waals surface area contributed by atoms with Crippen LogP contribution in [-0.4, -0.2) is 68.0 Å². The summed E-state index contributed by atoms with van der Waals surface area (Å²) in [5.74, 6) is -0.829. The van der Waals surface area contributed by atoms with Gasteiger partial charge in [0.1, 0.15) is 5.41 Å². The van der Waals surface area contributed by atoms with Gasteiger partial charge in [-0.2, -0.15) is 0 Å². The van der Waals surface area contributed by atoms with E-state index in [9.17, 15) is 14.4 Å². The fourth-order valence-corrected chi connectivity index (χ4v) is 2.01. The molecule has 2 rings (SSSR count). The van der Waals surface area contributed by atoms with Crippen LogP contribution in [0.5, 0.6) is 0 Å². The van der Waals surface area contributed by atoms with Gasteiger partial charge in [0.05, 0.1) is 19.8 Å². The molecule has 2 fully saturated rings. The maximum absolute atomic E-state index is 12.1. The van der Waals surface area contributed by atoms with Crippen LogP contribution in [0, 0.1) is 5.41 Å². The van der Waals surface area contributed by atoms with Crippen LogP contribution in [0.15, 0.2) is 0 Å². The van der Waals surface area contributed by atoms with Crippen LogP contribution >= 0.6 is 0 Å². The van der Waals surface area contributed by atoms with E-state index in [1.165, 1.54) is 0 Å². The molecule has 7 nitrogen and oxygen atoms in total. The molecule has 1 saturated carbocycles. The molecule has 0 aromatic carbocycles. The predicted molar refractivity (Wildman–Crippen MR) is 66.3 cm³/mol. The van der Waals surface area contributed by atoms with E-state index >= 15 is 0 Å². The van der Waals surface area contributed by atoms with Crippen LogP contribution in [0.25, 0.3) is 0 Å². The number of nitrogens with one attached hydrogen (secondary N) is 1. The normalized spacial score (nSPS) is 21.2. The number of hydrogen-bond acceptors (Lipinski definition) is 5. The van der Waals surface area contributed by atoms with Crippen molar-refractivity contribution in [1.29, 1.82) is 0 Å². The van der Waals surface area contributed by atoms with E-state index in [2.05, 4.69) is 5.32 Å². The lowest BCUT2D eigenvalue weighted by Gasteiger charge is -2.30. The van der Waals surface area contributed by atoms with Crippen LogP contribution in [-0.2, 0) is 14.3 Å². The van der Waals surface area contributed by atoms with Crippen molar-refractivity contribution < 1.29 is 19.1 Å². The second-order valence-corrected chi connectivity index (χ2v) is 5.21. The first kappa shape index (κ1) is 14.0. The molecule has 1 spiro atoms. The summed E-state index contributed by atoms with van der Waals surface area (Å²) >= 11 is 0. The van der Waals surface area contributed by atoms with E-state index in [1.54, 1.807) is 0 Å². The highest BCUT2D eigenvalue weighted by Crippen LogP contribution is 2.48. The topological polar surface area (TPSA) is 79.0 Å². The lowest BCUT2D eigenvalue weighted by Crippen LogP contribution is -2.59. The molecule has 1 aliphatic heterocycles. The Morgan fingerprint density at radius 2 is 1.95 bits per heavy atom. The summed E-state index contributed by atoms with van der Waals surface area (Å²) in [6.45, 7) is 1.80. The molecular weight excluding hydrogens is 250 g/mol. The van der Waals surface area contributed by atoms with Crippen LogP contribution in [0.1, 0.15) is 12.8 Å². The number of ether oxygens (including phenoxy) is 1. The summed E-state index contributed by atoms with van der Waals surface area (Å²) in [4.78, 5) is 38.3. The third kappa shape index (κ3) is 2.76. The van der Waals surface area contributed by atoms with E-state index < -0.39 is 17.4 Å². The number of amides is 4. The minimum atomic E-state index is -0.961. The molecular formula is C12H19N3O4. The van der Waals surface area contributed by atoms with Crippen molar-refractivity contribution in [3.8, 4) is 0 Å². The average molecular weight is 269 g/mol. The van der Waals surface area contributed by atoms with Crippen LogP contribution in [0.2, 0.25) is 0 Å². The monoisotopic (exact) mass is 269 g/mol. The maximum Gasteiger partial charge on any atom is 0.330 e. The Hall–Kier alpha value is -1.47. The van der Waals surface area contributed by atoms with Crippen molar-refractivity contribution >= 4 is 17.8 Å². The van der Waals surface area contributed by atoms with Gasteiger partial charge in [-0.1, -0.05) is 0 Å². The van der Waals surface area contributed by atoms with E-state index in [1.807, 2.05) is 19.0 Å². The maximum atomic E-state index is 12.1. The van der Waals surface area contributed by atoms with E-state index in [-0.39, 0.29) is 19.1 Å². The zero-order chi connectivity index (χ0) is 14.0. The zero-order valence-corrected chi connectivity index (χ0v) is 11.3. The van der Waals surface area contributed by atoms with Gasteiger partial charge in [0, 0.05) is 6.54 Å². The minimum absolute atomic E-state index is 0.188. The molecule has 1 aliphatic carbocycles. The standard InChI is InChI=1S/C12H19N3O4/c1-14(2)5-7-19-8-6-15-10(17)12(3-4-12)9(16)13-11(15)18/h3-8H2,1-2H3,(H,13,16,18). The lowest BCUT2D eigenvalue weighted by molar-refractivity contribution is -0.145. The van der Waals surface area contributed by atoms with Gasteiger partial charge >= 0.3 is 6.03 Å². The highest BCUT2D eigenvalue weighted by molar-refractivity contribution is 6.20. The van der Waals surface area contributed by atoms with Gasteiger partial charge in [0.25, 0.3) is 0 Å². The summed E-state index contributed by atoms with van der Waals surface area (Å²) in [7, 11) is 3.88. The van der Waals surface area contributed by atoms with E-state index in [0.717, 1.165) is 11.4 Å². The molecule has 0 aromatic heterocycles. The average Bonchev–Trinajstić information content (AvgIpc) is 3.12. The highest BCUT2D eigenvalue weighted by atomic mass is 16.5. The molecule has 0 aromatic rings. The van der Waals surface area contributed by atoms with Crippen molar-refractivity contribution in [3.63, 3.8) is 0 Å². The number of carbonyl (C=O) groups excluding carboxylic acids is 3. The summed E-state index contributed by atoms with van der Waals surface area (Å²) < 4.78 is 5.36. The van der Waals surface area contributed by atoms with Crippen molar-refractivity contribution in [2.75, 3.05) is 40.4 Å². The first-order chi connectivity index (χ1) is 8.97. The molecule has 0 atom stereocenters. The molecule has 1 heterocycles. The quantitative estimate of drug-likeness (QED) is 0.516. The third-order valence-corrected chi connectivity index (χ3v) is 3.45. The fraction of sp³-hybridized carbons (Fsp3) is 0.750. The number of likely N-dealkylation sites (N-methyl/N-ethyl adjacent to an activating group) is 1. The highest BCUT2D eigenvalue weighted by Gasteiger charge is 2.62. The Morgan fingerprint density at radius 1 is 1.26 bits per heavy atom. The number of nitrogens with zero attached hydrogens (tertiary/aromatic N) is 2. The Kier molecular flexibility index (Phi) is 3.86. The number of barbiturate groups is 1. The molecule has 0 radical (unpaired) electrons. The van der Waals surface area contributed by atoms with Crippen molar-refractivity contribution in [1.82, 2.24) is 15.1 Å². The van der Waals surface area contributed by atoms with Crippen LogP contribution < -0.4 is 5.32 Å². The van der Waals surface area contributed by atoms with Gasteiger partial charge in [-0.3, -0.25) is 19.8 Å². The van der Waals surface area contributed by atoms with Gasteiger partial charge in [-0.15, -0.1) is 0 Å². The molecule has 19 heavy (non-hydrogen) atoms. The van der Waals surface area contributed by atoms with E-state index in [4.69, 9.17) is 4.74 Å². The molecule has 2 aliphatic rings. The molecule has 7 heteroatoms. The molecule has 1 saturated heterocycles. The van der Waals surface area contributed by atoms with Crippen molar-refractivity contribution in [2.45, 2.75) is 12.8 Å². The zero-order valence-electron chi connectivity index (χ0n) is 11.3. The summed E-state index contributed by atoms with van der Waals surface area (Å²) in [5.41, 5.74) is -0.961. The molecule has 4 amide bonds. The lowest BCUT2D eigenvalue weighted by atomic mass is 10.0. The molecule has 0 unspecified atom stereocenters. The van der Waals surface area contributed by atoms with Gasteiger partial charge in [0.15, 0.2) is 0 Å². The van der Waals surface area contributed by atoms with Crippen LogP contribution in [0.3, 0.4) is 0 Å². The molecule has 0 bridgehead atoms. The molecule has 1 N–H and O–H groups in total. The SMILES string of the molecule is CN(C)CCOCCN1C(=O)NC(=O)C2(CC2)C1=O. The Morgan fingerprint density at radius 3 is 2.53 bits per heavy atom. The first-order valence-electron chi connectivity index (χ1n) is 6.37. The number of carbonyl (C=O) groups is 3. The minimum Gasteiger partial charge on any atom is -0.378 e. The number of imide groups is 2.